The van der Waals surface area contributed by atoms with Crippen LogP contribution in [0.3, 0.4) is 0 Å². The van der Waals surface area contributed by atoms with Crippen molar-refractivity contribution in [3.63, 3.8) is 0 Å². The molecule has 1 spiro atoms. The first kappa shape index (κ1) is 19.5. The average molecular weight is 391 g/mol. The van der Waals surface area contributed by atoms with Gasteiger partial charge in [0.25, 0.3) is 0 Å². The van der Waals surface area contributed by atoms with Gasteiger partial charge in [-0.05, 0) is 62.9 Å². The zero-order valence-corrected chi connectivity index (χ0v) is 15.8. The number of ether oxygens (including phenoxy) is 1. The maximum atomic E-state index is 12.6. The monoisotopic (exact) mass is 391 g/mol. The summed E-state index contributed by atoms with van der Waals surface area (Å²) in [6.07, 6.45) is -2.78. The van der Waals surface area contributed by atoms with E-state index in [1.165, 1.54) is 12.1 Å². The minimum absolute atomic E-state index is 0.136. The van der Waals surface area contributed by atoms with Crippen molar-refractivity contribution in [2.45, 2.75) is 38.5 Å². The summed E-state index contributed by atoms with van der Waals surface area (Å²) in [4.78, 5) is 2.20. The van der Waals surface area contributed by atoms with Crippen LogP contribution in [0.1, 0.15) is 32.3 Å². The van der Waals surface area contributed by atoms with Crippen molar-refractivity contribution < 1.29 is 26.3 Å². The van der Waals surface area contributed by atoms with Crippen molar-refractivity contribution in [2.24, 2.45) is 5.41 Å². The molecule has 0 saturated carbocycles. The minimum atomic E-state index is -4.36. The van der Waals surface area contributed by atoms with Crippen molar-refractivity contribution in [1.82, 2.24) is 4.90 Å². The predicted molar refractivity (Wildman–Crippen MR) is 92.9 cm³/mol. The van der Waals surface area contributed by atoms with Crippen LogP contribution in [0, 0.1) is 5.41 Å². The van der Waals surface area contributed by atoms with Crippen molar-refractivity contribution >= 4 is 9.84 Å². The fraction of sp³-hybridized carbons (Fsp3) is 0.667. The largest absolute Gasteiger partial charge is 0.487 e. The molecule has 3 rings (SSSR count). The Labute approximate surface area is 152 Å². The van der Waals surface area contributed by atoms with Gasteiger partial charge in [0.1, 0.15) is 11.4 Å². The molecule has 4 nitrogen and oxygen atoms in total. The lowest BCUT2D eigenvalue weighted by molar-refractivity contribution is -0.137. The number of likely N-dealkylation sites (tertiary alicyclic amines) is 1. The summed E-state index contributed by atoms with van der Waals surface area (Å²) < 4.78 is 67.4. The summed E-state index contributed by atoms with van der Waals surface area (Å²) in [5, 5.41) is 0. The molecule has 26 heavy (non-hydrogen) atoms. The van der Waals surface area contributed by atoms with Crippen molar-refractivity contribution in [1.29, 1.82) is 0 Å². The number of halogens is 3. The molecular formula is C18H24F3NO3S. The normalized spacial score (nSPS) is 26.5. The molecule has 1 aromatic carbocycles. The zero-order valence-electron chi connectivity index (χ0n) is 15.0. The molecule has 0 radical (unpaired) electrons. The Bertz CT molecular complexity index is 759. The Kier molecular flexibility index (Phi) is 4.80. The summed E-state index contributed by atoms with van der Waals surface area (Å²) in [7, 11) is -2.92. The fourth-order valence-electron chi connectivity index (χ4n) is 4.07. The van der Waals surface area contributed by atoms with E-state index in [2.05, 4.69) is 4.90 Å². The van der Waals surface area contributed by atoms with Crippen LogP contribution in [0.5, 0.6) is 5.75 Å². The van der Waals surface area contributed by atoms with Gasteiger partial charge in [-0.3, -0.25) is 4.90 Å². The summed E-state index contributed by atoms with van der Waals surface area (Å²) >= 11 is 0. The molecule has 1 atom stereocenters. The smallest absolute Gasteiger partial charge is 0.416 e. The van der Waals surface area contributed by atoms with Crippen LogP contribution in [-0.4, -0.2) is 50.1 Å². The first-order chi connectivity index (χ1) is 11.9. The molecule has 146 valence electrons. The highest BCUT2D eigenvalue weighted by Gasteiger charge is 2.47. The molecule has 2 aliphatic heterocycles. The van der Waals surface area contributed by atoms with Crippen LogP contribution in [-0.2, 0) is 16.0 Å². The third-order valence-corrected chi connectivity index (χ3v) is 7.05. The third-order valence-electron chi connectivity index (χ3n) is 5.17. The van der Waals surface area contributed by atoms with Gasteiger partial charge in [-0.1, -0.05) is 0 Å². The molecule has 2 heterocycles. The van der Waals surface area contributed by atoms with Crippen LogP contribution >= 0.6 is 0 Å². The average Bonchev–Trinajstić information content (AvgIpc) is 3.00. The van der Waals surface area contributed by atoms with E-state index in [-0.39, 0.29) is 16.9 Å². The van der Waals surface area contributed by atoms with Gasteiger partial charge in [-0.15, -0.1) is 0 Å². The van der Waals surface area contributed by atoms with Gasteiger partial charge in [-0.25, -0.2) is 8.42 Å². The number of sulfone groups is 1. The topological polar surface area (TPSA) is 46.6 Å². The molecule has 1 aromatic rings. The molecule has 8 heteroatoms. The van der Waals surface area contributed by atoms with Gasteiger partial charge < -0.3 is 4.74 Å². The lowest BCUT2D eigenvalue weighted by Gasteiger charge is -2.32. The highest BCUT2D eigenvalue weighted by Crippen LogP contribution is 2.41. The van der Waals surface area contributed by atoms with Crippen LogP contribution in [0.2, 0.25) is 0 Å². The quantitative estimate of drug-likeness (QED) is 0.790. The molecule has 2 fully saturated rings. The van der Waals surface area contributed by atoms with E-state index < -0.39 is 27.2 Å². The highest BCUT2D eigenvalue weighted by molar-refractivity contribution is 7.91. The van der Waals surface area contributed by atoms with Crippen molar-refractivity contribution in [3.05, 3.63) is 29.8 Å². The molecule has 0 aliphatic carbocycles. The number of hydrogen-bond donors (Lipinski definition) is 0. The predicted octanol–water partition coefficient (Wildman–Crippen LogP) is 3.37. The highest BCUT2D eigenvalue weighted by atomic mass is 32.2. The van der Waals surface area contributed by atoms with E-state index in [1.807, 2.05) is 13.8 Å². The van der Waals surface area contributed by atoms with E-state index in [4.69, 9.17) is 4.74 Å². The molecule has 0 bridgehead atoms. The number of benzene rings is 1. The maximum Gasteiger partial charge on any atom is 0.416 e. The Balaban J connectivity index is 1.59. The molecule has 2 aliphatic rings. The minimum Gasteiger partial charge on any atom is -0.487 e. The molecule has 2 saturated heterocycles. The second-order valence-corrected chi connectivity index (χ2v) is 10.4. The summed E-state index contributed by atoms with van der Waals surface area (Å²) in [6.45, 7) is 5.92. The Morgan fingerprint density at radius 3 is 2.35 bits per heavy atom. The van der Waals surface area contributed by atoms with Gasteiger partial charge >= 0.3 is 6.18 Å². The molecule has 0 N–H and O–H groups in total. The van der Waals surface area contributed by atoms with Crippen LogP contribution in [0.4, 0.5) is 13.2 Å². The van der Waals surface area contributed by atoms with E-state index in [1.54, 1.807) is 0 Å². The molecule has 0 amide bonds. The Hall–Kier alpha value is -1.28. The zero-order chi connectivity index (χ0) is 19.2. The number of hydrogen-bond acceptors (Lipinski definition) is 4. The molecule has 0 aromatic heterocycles. The fourth-order valence-corrected chi connectivity index (χ4v) is 6.27. The van der Waals surface area contributed by atoms with E-state index in [9.17, 15) is 21.6 Å². The van der Waals surface area contributed by atoms with Crippen LogP contribution in [0.25, 0.3) is 0 Å². The van der Waals surface area contributed by atoms with Gasteiger partial charge in [0, 0.05) is 13.1 Å². The Morgan fingerprint density at radius 2 is 1.81 bits per heavy atom. The summed E-state index contributed by atoms with van der Waals surface area (Å²) in [5.41, 5.74) is -1.43. The van der Waals surface area contributed by atoms with E-state index in [0.717, 1.165) is 31.6 Å². The molecule has 0 unspecified atom stereocenters. The maximum absolute atomic E-state index is 12.6. The number of alkyl halides is 3. The third kappa shape index (κ3) is 4.52. The van der Waals surface area contributed by atoms with Gasteiger partial charge in [0.2, 0.25) is 0 Å². The number of nitrogens with zero attached hydrogens (tertiary/aromatic N) is 1. The summed E-state index contributed by atoms with van der Waals surface area (Å²) in [6, 6.07) is 4.69. The second kappa shape index (κ2) is 6.41. The van der Waals surface area contributed by atoms with Gasteiger partial charge in [0.05, 0.1) is 17.1 Å². The number of rotatable bonds is 4. The van der Waals surface area contributed by atoms with Gasteiger partial charge in [-0.2, -0.15) is 13.2 Å². The van der Waals surface area contributed by atoms with Crippen molar-refractivity contribution in [3.8, 4) is 5.75 Å². The first-order valence-corrected chi connectivity index (χ1v) is 10.5. The lowest BCUT2D eigenvalue weighted by atomic mass is 9.87. The van der Waals surface area contributed by atoms with Crippen molar-refractivity contribution in [2.75, 3.05) is 31.1 Å². The standard InChI is InChI=1S/C18H24F3NO3S/c1-16(2,25-15-5-3-14(4-6-15)18(19,20)21)11-22-9-7-17(12-22)8-10-26(23,24)13-17/h3-6H,7-13H2,1-2H3/t17-/m1/s1. The van der Waals surface area contributed by atoms with Crippen LogP contribution < -0.4 is 4.74 Å². The van der Waals surface area contributed by atoms with E-state index in [0.29, 0.717) is 18.7 Å². The van der Waals surface area contributed by atoms with Gasteiger partial charge in [0.15, 0.2) is 9.84 Å². The second-order valence-electron chi connectivity index (χ2n) is 8.19. The summed E-state index contributed by atoms with van der Waals surface area (Å²) in [5.74, 6) is 0.920. The Morgan fingerprint density at radius 1 is 1.15 bits per heavy atom. The van der Waals surface area contributed by atoms with Crippen LogP contribution in [0.15, 0.2) is 24.3 Å². The first-order valence-electron chi connectivity index (χ1n) is 8.67. The lowest BCUT2D eigenvalue weighted by Crippen LogP contribution is -2.43. The SMILES string of the molecule is CC(C)(CN1CC[C@@]2(CCS(=O)(=O)C2)C1)Oc1ccc(C(F)(F)F)cc1. The molecular weight excluding hydrogens is 367 g/mol. The van der Waals surface area contributed by atoms with E-state index >= 15 is 0 Å².